The second kappa shape index (κ2) is 3.94. The van der Waals surface area contributed by atoms with E-state index >= 15 is 0 Å². The molecule has 0 aliphatic rings. The van der Waals surface area contributed by atoms with Crippen LogP contribution in [0.2, 0.25) is 0 Å². The van der Waals surface area contributed by atoms with E-state index in [9.17, 15) is 5.11 Å². The standard InChI is InChI=1S/C8H17O2/c1-5-6-8(3,4)10-7(2)9/h7H,5-6H2,1-4H3. The van der Waals surface area contributed by atoms with E-state index in [1.165, 1.54) is 6.92 Å². The van der Waals surface area contributed by atoms with E-state index in [4.69, 9.17) is 4.74 Å². The lowest BCUT2D eigenvalue weighted by Crippen LogP contribution is -2.28. The van der Waals surface area contributed by atoms with Gasteiger partial charge in [-0.05, 0) is 27.2 Å². The van der Waals surface area contributed by atoms with Crippen molar-refractivity contribution in [3.05, 3.63) is 0 Å². The Bertz CT molecular complexity index is 87.3. The number of ether oxygens (including phenoxy) is 1. The number of rotatable bonds is 4. The molecule has 0 saturated heterocycles. The van der Waals surface area contributed by atoms with Crippen molar-refractivity contribution >= 4 is 0 Å². The fourth-order valence-electron chi connectivity index (χ4n) is 1.11. The average Bonchev–Trinajstić information content (AvgIpc) is 1.59. The van der Waals surface area contributed by atoms with Crippen LogP contribution in [0.3, 0.4) is 0 Å². The first kappa shape index (κ1) is 9.92. The first-order chi connectivity index (χ1) is 4.48. The maximum Gasteiger partial charge on any atom is 0.189 e. The molecular formula is C8H17O2. The first-order valence-corrected chi connectivity index (χ1v) is 3.81. The molecule has 0 heterocycles. The monoisotopic (exact) mass is 145 g/mol. The van der Waals surface area contributed by atoms with E-state index in [-0.39, 0.29) is 5.60 Å². The van der Waals surface area contributed by atoms with Crippen LogP contribution in [-0.4, -0.2) is 11.9 Å². The highest BCUT2D eigenvalue weighted by Gasteiger charge is 2.19. The molecule has 2 nitrogen and oxygen atoms in total. The predicted molar refractivity (Wildman–Crippen MR) is 40.2 cm³/mol. The van der Waals surface area contributed by atoms with Crippen LogP contribution in [0.4, 0.5) is 0 Å². The highest BCUT2D eigenvalue weighted by molar-refractivity contribution is 4.66. The van der Waals surface area contributed by atoms with Crippen molar-refractivity contribution in [3.8, 4) is 0 Å². The molecule has 0 aromatic rings. The molecule has 0 N–H and O–H groups in total. The summed E-state index contributed by atoms with van der Waals surface area (Å²) in [5.74, 6) is 0. The van der Waals surface area contributed by atoms with Crippen LogP contribution >= 0.6 is 0 Å². The molecule has 1 unspecified atom stereocenters. The Labute approximate surface area is 63.2 Å². The largest absolute Gasteiger partial charge is 0.344 e. The van der Waals surface area contributed by atoms with Crippen molar-refractivity contribution in [3.63, 3.8) is 0 Å². The molecule has 0 amide bonds. The Morgan fingerprint density at radius 3 is 2.30 bits per heavy atom. The molecule has 0 bridgehead atoms. The van der Waals surface area contributed by atoms with Crippen molar-refractivity contribution in [2.75, 3.05) is 0 Å². The van der Waals surface area contributed by atoms with Crippen molar-refractivity contribution in [2.24, 2.45) is 0 Å². The quantitative estimate of drug-likeness (QED) is 0.558. The van der Waals surface area contributed by atoms with Gasteiger partial charge in [-0.3, -0.25) is 0 Å². The van der Waals surface area contributed by atoms with Gasteiger partial charge >= 0.3 is 0 Å². The van der Waals surface area contributed by atoms with E-state index in [2.05, 4.69) is 6.92 Å². The summed E-state index contributed by atoms with van der Waals surface area (Å²) in [6.07, 6.45) is 1.10. The summed E-state index contributed by atoms with van der Waals surface area (Å²) in [7, 11) is 0. The van der Waals surface area contributed by atoms with E-state index in [1.54, 1.807) is 0 Å². The van der Waals surface area contributed by atoms with Crippen molar-refractivity contribution < 1.29 is 9.84 Å². The minimum Gasteiger partial charge on any atom is -0.344 e. The van der Waals surface area contributed by atoms with E-state index in [0.717, 1.165) is 12.8 Å². The van der Waals surface area contributed by atoms with Crippen LogP contribution in [0.15, 0.2) is 0 Å². The molecule has 61 valence electrons. The van der Waals surface area contributed by atoms with Gasteiger partial charge in [0.05, 0.1) is 5.60 Å². The summed E-state index contributed by atoms with van der Waals surface area (Å²) in [4.78, 5) is 0. The van der Waals surface area contributed by atoms with Crippen LogP contribution in [0.1, 0.15) is 40.5 Å². The SMILES string of the molecule is CCCC(C)(C)OC(C)[O]. The van der Waals surface area contributed by atoms with Crippen LogP contribution in [0, 0.1) is 0 Å². The topological polar surface area (TPSA) is 29.1 Å². The second-order valence-corrected chi connectivity index (χ2v) is 3.20. The molecule has 1 atom stereocenters. The van der Waals surface area contributed by atoms with E-state index in [0.29, 0.717) is 0 Å². The van der Waals surface area contributed by atoms with E-state index < -0.39 is 6.29 Å². The molecule has 10 heavy (non-hydrogen) atoms. The average molecular weight is 145 g/mol. The molecule has 0 aromatic carbocycles. The van der Waals surface area contributed by atoms with Crippen LogP contribution in [0.25, 0.3) is 0 Å². The molecule has 0 rings (SSSR count). The lowest BCUT2D eigenvalue weighted by atomic mass is 10.0. The van der Waals surface area contributed by atoms with Gasteiger partial charge in [0, 0.05) is 0 Å². The fourth-order valence-corrected chi connectivity index (χ4v) is 1.11. The molecule has 0 fully saturated rings. The summed E-state index contributed by atoms with van der Waals surface area (Å²) in [5.41, 5.74) is -0.240. The molecule has 0 aromatic heterocycles. The minimum atomic E-state index is -0.901. The first-order valence-electron chi connectivity index (χ1n) is 3.81. The smallest absolute Gasteiger partial charge is 0.189 e. The van der Waals surface area contributed by atoms with Gasteiger partial charge in [-0.2, -0.15) is 0 Å². The molecular weight excluding hydrogens is 128 g/mol. The molecule has 0 saturated carbocycles. The Morgan fingerprint density at radius 1 is 1.50 bits per heavy atom. The van der Waals surface area contributed by atoms with Gasteiger partial charge in [-0.25, -0.2) is 5.11 Å². The number of hydrogen-bond acceptors (Lipinski definition) is 1. The Hall–Kier alpha value is -0.0800. The maximum absolute atomic E-state index is 10.6. The van der Waals surface area contributed by atoms with Crippen LogP contribution in [-0.2, 0) is 9.84 Å². The second-order valence-electron chi connectivity index (χ2n) is 3.20. The Balaban J connectivity index is 3.63. The van der Waals surface area contributed by atoms with Gasteiger partial charge in [0.2, 0.25) is 0 Å². The molecule has 0 aliphatic heterocycles. The normalized spacial score (nSPS) is 15.3. The third kappa shape index (κ3) is 4.77. The third-order valence-electron chi connectivity index (χ3n) is 1.34. The summed E-state index contributed by atoms with van der Waals surface area (Å²) in [6.45, 7) is 7.51. The fraction of sp³-hybridized carbons (Fsp3) is 1.00. The zero-order valence-electron chi connectivity index (χ0n) is 7.31. The Kier molecular flexibility index (Phi) is 3.91. The minimum absolute atomic E-state index is 0.240. The highest BCUT2D eigenvalue weighted by atomic mass is 16.6. The van der Waals surface area contributed by atoms with Crippen LogP contribution in [0.5, 0.6) is 0 Å². The molecule has 2 heteroatoms. The lowest BCUT2D eigenvalue weighted by molar-refractivity contribution is -0.192. The third-order valence-corrected chi connectivity index (χ3v) is 1.34. The van der Waals surface area contributed by atoms with Gasteiger partial charge in [-0.1, -0.05) is 13.3 Å². The van der Waals surface area contributed by atoms with Crippen LogP contribution < -0.4 is 0 Å². The van der Waals surface area contributed by atoms with Crippen molar-refractivity contribution in [1.29, 1.82) is 0 Å². The molecule has 0 spiro atoms. The molecule has 1 radical (unpaired) electrons. The van der Waals surface area contributed by atoms with Gasteiger partial charge in [-0.15, -0.1) is 0 Å². The van der Waals surface area contributed by atoms with Gasteiger partial charge in [0.1, 0.15) is 0 Å². The lowest BCUT2D eigenvalue weighted by Gasteiger charge is -2.25. The highest BCUT2D eigenvalue weighted by Crippen LogP contribution is 2.17. The summed E-state index contributed by atoms with van der Waals surface area (Å²) < 4.78 is 5.12. The zero-order chi connectivity index (χ0) is 8.20. The van der Waals surface area contributed by atoms with Gasteiger partial charge in [0.15, 0.2) is 6.29 Å². The summed E-state index contributed by atoms with van der Waals surface area (Å²) in [6, 6.07) is 0. The van der Waals surface area contributed by atoms with Gasteiger partial charge in [0.25, 0.3) is 0 Å². The zero-order valence-corrected chi connectivity index (χ0v) is 7.31. The van der Waals surface area contributed by atoms with Crippen molar-refractivity contribution in [1.82, 2.24) is 0 Å². The maximum atomic E-state index is 10.6. The molecule has 0 aliphatic carbocycles. The summed E-state index contributed by atoms with van der Waals surface area (Å²) >= 11 is 0. The predicted octanol–water partition coefficient (Wildman–Crippen LogP) is 2.36. The van der Waals surface area contributed by atoms with E-state index in [1.807, 2.05) is 13.8 Å². The van der Waals surface area contributed by atoms with Crippen molar-refractivity contribution in [2.45, 2.75) is 52.4 Å². The summed E-state index contributed by atoms with van der Waals surface area (Å²) in [5, 5.41) is 10.6. The number of hydrogen-bond donors (Lipinski definition) is 0. The Morgan fingerprint density at radius 2 is 2.00 bits per heavy atom. The van der Waals surface area contributed by atoms with Gasteiger partial charge < -0.3 is 4.74 Å².